The minimum absolute atomic E-state index is 0.356. The van der Waals surface area contributed by atoms with Crippen LogP contribution in [-0.4, -0.2) is 63.0 Å². The molecule has 1 aliphatic heterocycles. The summed E-state index contributed by atoms with van der Waals surface area (Å²) in [6, 6.07) is -1.66. The fourth-order valence-electron chi connectivity index (χ4n) is 2.35. The molecule has 8 nitrogen and oxygen atoms in total. The van der Waals surface area contributed by atoms with Crippen LogP contribution in [0.3, 0.4) is 0 Å². The monoisotopic (exact) mass is 475 g/mol. The summed E-state index contributed by atoms with van der Waals surface area (Å²) in [6.07, 6.45) is -0.254. The molecule has 1 fully saturated rings. The minimum atomic E-state index is -1.72. The Morgan fingerprint density at radius 3 is 2.28 bits per heavy atom. The number of nitrogens with zero attached hydrogens (tertiary/aromatic N) is 1. The van der Waals surface area contributed by atoms with Crippen molar-refractivity contribution in [3.8, 4) is 0 Å². The Bertz CT molecular complexity index is 564. The van der Waals surface area contributed by atoms with E-state index in [4.69, 9.17) is 39.5 Å². The van der Waals surface area contributed by atoms with Crippen LogP contribution in [-0.2, 0) is 19.1 Å². The maximum absolute atomic E-state index is 12.5. The molecule has 0 radical (unpaired) electrons. The number of rotatable bonds is 5. The Kier molecular flexibility index (Phi) is 11.8. The van der Waals surface area contributed by atoms with Gasteiger partial charge in [-0.3, -0.25) is 19.4 Å². The highest BCUT2D eigenvalue weighted by Crippen LogP contribution is 2.26. The van der Waals surface area contributed by atoms with Crippen LogP contribution in [0.15, 0.2) is 0 Å². The molecule has 0 aromatic carbocycles. The summed E-state index contributed by atoms with van der Waals surface area (Å²) in [5.41, 5.74) is 2.11. The first-order valence-corrected chi connectivity index (χ1v) is 10.6. The summed E-state index contributed by atoms with van der Waals surface area (Å²) >= 11 is 16.7. The Morgan fingerprint density at radius 2 is 1.79 bits per heavy atom. The van der Waals surface area contributed by atoms with Gasteiger partial charge in [0.15, 0.2) is 0 Å². The number of amides is 2. The van der Waals surface area contributed by atoms with Gasteiger partial charge in [0.05, 0.1) is 0 Å². The van der Waals surface area contributed by atoms with Crippen LogP contribution in [0.25, 0.3) is 0 Å². The molecule has 1 heterocycles. The van der Waals surface area contributed by atoms with E-state index in [-0.39, 0.29) is 0 Å². The Balaban J connectivity index is 0.00000379. The van der Waals surface area contributed by atoms with E-state index in [0.717, 1.165) is 0 Å². The summed E-state index contributed by atoms with van der Waals surface area (Å²) in [4.78, 5) is 36.7. The lowest BCUT2D eigenvalue weighted by molar-refractivity contribution is -0.153. The minimum Gasteiger partial charge on any atom is -0.460 e. The van der Waals surface area contributed by atoms with E-state index in [0.29, 0.717) is 19.4 Å². The van der Waals surface area contributed by atoms with Gasteiger partial charge in [-0.1, -0.05) is 69.4 Å². The Hall–Kier alpha value is -0.800. The quantitative estimate of drug-likeness (QED) is 0.415. The van der Waals surface area contributed by atoms with Crippen LogP contribution in [0.2, 0.25) is 0 Å². The second-order valence-electron chi connectivity index (χ2n) is 7.54. The molecule has 3 N–H and O–H groups in total. The molecule has 170 valence electrons. The second-order valence-corrected chi connectivity index (χ2v) is 10.1. The number of halogens is 3. The number of aliphatic hydroxyl groups is 1. The predicted molar refractivity (Wildman–Crippen MR) is 114 cm³/mol. The Labute approximate surface area is 187 Å². The number of hydrazine groups is 1. The molecule has 2 amide bonds. The van der Waals surface area contributed by atoms with E-state index in [1.807, 2.05) is 13.8 Å². The van der Waals surface area contributed by atoms with Crippen LogP contribution >= 0.6 is 34.8 Å². The van der Waals surface area contributed by atoms with Crippen molar-refractivity contribution in [1.82, 2.24) is 15.8 Å². The Morgan fingerprint density at radius 1 is 1.24 bits per heavy atom. The van der Waals surface area contributed by atoms with Gasteiger partial charge in [-0.2, -0.15) is 0 Å². The van der Waals surface area contributed by atoms with Gasteiger partial charge in [-0.05, 0) is 25.2 Å². The summed E-state index contributed by atoms with van der Waals surface area (Å²) in [6.45, 7) is 10.6. The van der Waals surface area contributed by atoms with Crippen molar-refractivity contribution >= 4 is 52.6 Å². The van der Waals surface area contributed by atoms with Crippen molar-refractivity contribution in [2.45, 2.75) is 76.4 Å². The van der Waals surface area contributed by atoms with E-state index in [1.165, 1.54) is 11.9 Å². The maximum atomic E-state index is 12.5. The molecule has 0 aliphatic carbocycles. The van der Waals surface area contributed by atoms with Crippen LogP contribution < -0.4 is 10.7 Å². The zero-order valence-electron chi connectivity index (χ0n) is 17.7. The number of alkyl halides is 3. The van der Waals surface area contributed by atoms with Crippen LogP contribution in [0.1, 0.15) is 54.4 Å². The van der Waals surface area contributed by atoms with Gasteiger partial charge in [-0.15, -0.1) is 0 Å². The first kappa shape index (κ1) is 28.2. The largest absolute Gasteiger partial charge is 0.460 e. The zero-order chi connectivity index (χ0) is 23.0. The molecule has 1 saturated heterocycles. The molecule has 0 saturated carbocycles. The normalized spacial score (nSPS) is 19.4. The van der Waals surface area contributed by atoms with E-state index in [9.17, 15) is 19.5 Å². The molecule has 0 aromatic heterocycles. The SMILES string of the molecule is CC.CC(NC(=O)C(O)C(C)(C)C)C(=O)N1CCCC(C(=O)OCC(Cl)(Cl)Cl)N1. The third-order valence-corrected chi connectivity index (χ3v) is 4.24. The first-order chi connectivity index (χ1) is 13.2. The molecule has 1 aliphatic rings. The second kappa shape index (κ2) is 12.2. The molecule has 0 bridgehead atoms. The van der Waals surface area contributed by atoms with Crippen molar-refractivity contribution in [2.75, 3.05) is 13.2 Å². The van der Waals surface area contributed by atoms with E-state index in [1.54, 1.807) is 20.8 Å². The fraction of sp³-hybridized carbons (Fsp3) is 0.833. The van der Waals surface area contributed by atoms with E-state index >= 15 is 0 Å². The molecule has 29 heavy (non-hydrogen) atoms. The molecule has 0 spiro atoms. The van der Waals surface area contributed by atoms with E-state index in [2.05, 4.69) is 10.7 Å². The smallest absolute Gasteiger partial charge is 0.325 e. The van der Waals surface area contributed by atoms with Crippen molar-refractivity contribution in [3.05, 3.63) is 0 Å². The van der Waals surface area contributed by atoms with Crippen LogP contribution in [0.5, 0.6) is 0 Å². The summed E-state index contributed by atoms with van der Waals surface area (Å²) < 4.78 is 3.21. The topological polar surface area (TPSA) is 108 Å². The molecule has 0 aromatic rings. The number of aliphatic hydroxyl groups excluding tert-OH is 1. The van der Waals surface area contributed by atoms with Crippen molar-refractivity contribution in [1.29, 1.82) is 0 Å². The highest BCUT2D eigenvalue weighted by Gasteiger charge is 2.35. The summed E-state index contributed by atoms with van der Waals surface area (Å²) in [7, 11) is 0. The molecular weight excluding hydrogens is 445 g/mol. The lowest BCUT2D eigenvalue weighted by Crippen LogP contribution is -2.60. The van der Waals surface area contributed by atoms with E-state index < -0.39 is 51.8 Å². The lowest BCUT2D eigenvalue weighted by Gasteiger charge is -2.35. The molecular formula is C18H32Cl3N3O5. The third kappa shape index (κ3) is 10.2. The number of hydrogen-bond acceptors (Lipinski definition) is 6. The summed E-state index contributed by atoms with van der Waals surface area (Å²) in [5, 5.41) is 13.7. The standard InChI is InChI=1S/C16H26Cl3N3O5.C2H6/c1-9(20-12(24)11(23)15(2,3)4)13(25)22-7-5-6-10(21-22)14(26)27-8-16(17,18)19;1-2/h9-11,21,23H,5-8H2,1-4H3,(H,20,24);1-2H3. The maximum Gasteiger partial charge on any atom is 0.325 e. The van der Waals surface area contributed by atoms with Crippen molar-refractivity contribution < 1.29 is 24.2 Å². The lowest BCUT2D eigenvalue weighted by atomic mass is 9.88. The highest BCUT2D eigenvalue weighted by molar-refractivity contribution is 6.67. The summed E-state index contributed by atoms with van der Waals surface area (Å²) in [5.74, 6) is -1.72. The van der Waals surface area contributed by atoms with Gasteiger partial charge in [0.2, 0.25) is 9.70 Å². The number of nitrogens with one attached hydrogen (secondary N) is 2. The average Bonchev–Trinajstić information content (AvgIpc) is 2.65. The van der Waals surface area contributed by atoms with Gasteiger partial charge in [0.1, 0.15) is 24.8 Å². The molecule has 11 heteroatoms. The van der Waals surface area contributed by atoms with Crippen molar-refractivity contribution in [3.63, 3.8) is 0 Å². The number of carbonyl (C=O) groups is 3. The van der Waals surface area contributed by atoms with Crippen molar-refractivity contribution in [2.24, 2.45) is 5.41 Å². The predicted octanol–water partition coefficient (Wildman–Crippen LogP) is 2.33. The zero-order valence-corrected chi connectivity index (χ0v) is 20.0. The van der Waals surface area contributed by atoms with Crippen LogP contribution in [0, 0.1) is 5.41 Å². The van der Waals surface area contributed by atoms with Gasteiger partial charge in [-0.25, -0.2) is 5.43 Å². The third-order valence-electron chi connectivity index (χ3n) is 3.91. The van der Waals surface area contributed by atoms with Gasteiger partial charge in [0, 0.05) is 6.54 Å². The first-order valence-electron chi connectivity index (χ1n) is 9.51. The van der Waals surface area contributed by atoms with Gasteiger partial charge >= 0.3 is 5.97 Å². The highest BCUT2D eigenvalue weighted by atomic mass is 35.6. The number of hydrogen-bond donors (Lipinski definition) is 3. The number of carbonyl (C=O) groups excluding carboxylic acids is 3. The van der Waals surface area contributed by atoms with Crippen LogP contribution in [0.4, 0.5) is 0 Å². The molecule has 3 unspecified atom stereocenters. The number of esters is 1. The van der Waals surface area contributed by atoms with Gasteiger partial charge in [0.25, 0.3) is 5.91 Å². The fourth-order valence-corrected chi connectivity index (χ4v) is 2.51. The molecule has 3 atom stereocenters. The molecule has 1 rings (SSSR count). The van der Waals surface area contributed by atoms with Gasteiger partial charge < -0.3 is 15.2 Å². The number of ether oxygens (including phenoxy) is 1. The average molecular weight is 477 g/mol.